The molecule has 0 spiro atoms. The van der Waals surface area contributed by atoms with Gasteiger partial charge in [-0.3, -0.25) is 4.68 Å². The summed E-state index contributed by atoms with van der Waals surface area (Å²) < 4.78 is 1.86. The third-order valence-corrected chi connectivity index (χ3v) is 3.24. The van der Waals surface area contributed by atoms with E-state index >= 15 is 0 Å². The van der Waals surface area contributed by atoms with Crippen molar-refractivity contribution in [1.29, 1.82) is 0 Å². The van der Waals surface area contributed by atoms with Crippen molar-refractivity contribution in [2.75, 3.05) is 7.05 Å². The molecule has 0 bridgehead atoms. The highest BCUT2D eigenvalue weighted by molar-refractivity contribution is 5.22. The first-order valence-corrected chi connectivity index (χ1v) is 6.38. The van der Waals surface area contributed by atoms with Crippen molar-refractivity contribution < 1.29 is 0 Å². The van der Waals surface area contributed by atoms with Gasteiger partial charge in [0.15, 0.2) is 0 Å². The molecule has 0 aliphatic rings. The number of benzene rings is 1. The van der Waals surface area contributed by atoms with Crippen LogP contribution in [0, 0.1) is 6.92 Å². The molecule has 3 nitrogen and oxygen atoms in total. The highest BCUT2D eigenvalue weighted by Crippen LogP contribution is 2.09. The zero-order valence-electron chi connectivity index (χ0n) is 11.4. The van der Waals surface area contributed by atoms with Gasteiger partial charge in [0.25, 0.3) is 0 Å². The van der Waals surface area contributed by atoms with Crippen molar-refractivity contribution in [2.45, 2.75) is 25.8 Å². The number of nitrogens with zero attached hydrogens (tertiary/aromatic N) is 2. The van der Waals surface area contributed by atoms with Crippen LogP contribution in [0.15, 0.2) is 36.5 Å². The average Bonchev–Trinajstić information content (AvgIpc) is 2.77. The zero-order chi connectivity index (χ0) is 13.0. The number of hydrogen-bond acceptors (Lipinski definition) is 2. The van der Waals surface area contributed by atoms with Crippen molar-refractivity contribution in [2.24, 2.45) is 7.05 Å². The van der Waals surface area contributed by atoms with Gasteiger partial charge >= 0.3 is 0 Å². The van der Waals surface area contributed by atoms with Crippen molar-refractivity contribution in [3.05, 3.63) is 53.3 Å². The lowest BCUT2D eigenvalue weighted by Crippen LogP contribution is -2.30. The molecule has 2 rings (SSSR count). The fourth-order valence-electron chi connectivity index (χ4n) is 2.11. The summed E-state index contributed by atoms with van der Waals surface area (Å²) in [6.07, 6.45) is 3.99. The van der Waals surface area contributed by atoms with E-state index in [9.17, 15) is 0 Å². The Morgan fingerprint density at radius 1 is 1.17 bits per heavy atom. The Kier molecular flexibility index (Phi) is 4.15. The third-order valence-electron chi connectivity index (χ3n) is 3.24. The molecule has 1 aromatic carbocycles. The predicted octanol–water partition coefficient (Wildman–Crippen LogP) is 2.10. The molecule has 0 saturated heterocycles. The third kappa shape index (κ3) is 3.44. The summed E-state index contributed by atoms with van der Waals surface area (Å²) in [5.41, 5.74) is 3.82. The van der Waals surface area contributed by atoms with Gasteiger partial charge in [0.1, 0.15) is 0 Å². The zero-order valence-corrected chi connectivity index (χ0v) is 11.4. The minimum atomic E-state index is 0.433. The van der Waals surface area contributed by atoms with E-state index in [4.69, 9.17) is 0 Å². The maximum Gasteiger partial charge on any atom is 0.0640 e. The molecule has 1 aromatic heterocycles. The Hall–Kier alpha value is -1.61. The van der Waals surface area contributed by atoms with Crippen molar-refractivity contribution in [1.82, 2.24) is 15.1 Å². The minimum Gasteiger partial charge on any atom is -0.316 e. The van der Waals surface area contributed by atoms with Gasteiger partial charge in [-0.15, -0.1) is 0 Å². The second-order valence-electron chi connectivity index (χ2n) is 4.86. The first-order valence-electron chi connectivity index (χ1n) is 6.38. The number of aryl methyl sites for hydroxylation is 2. The van der Waals surface area contributed by atoms with Gasteiger partial charge in [-0.25, -0.2) is 0 Å². The van der Waals surface area contributed by atoms with E-state index in [1.165, 1.54) is 11.1 Å². The lowest BCUT2D eigenvalue weighted by Gasteiger charge is -2.15. The van der Waals surface area contributed by atoms with Gasteiger partial charge in [-0.05, 0) is 32.0 Å². The quantitative estimate of drug-likeness (QED) is 0.871. The normalized spacial score (nSPS) is 12.6. The van der Waals surface area contributed by atoms with Crippen LogP contribution in [0.5, 0.6) is 0 Å². The molecule has 0 radical (unpaired) electrons. The van der Waals surface area contributed by atoms with Crippen LogP contribution in [0.4, 0.5) is 0 Å². The molecular weight excluding hydrogens is 222 g/mol. The molecule has 0 aliphatic heterocycles. The van der Waals surface area contributed by atoms with Crippen molar-refractivity contribution >= 4 is 0 Å². The van der Waals surface area contributed by atoms with Crippen molar-refractivity contribution in [3.63, 3.8) is 0 Å². The molecule has 0 aliphatic carbocycles. The number of likely N-dealkylation sites (N-methyl/N-ethyl adjacent to an activating group) is 1. The lowest BCUT2D eigenvalue weighted by atomic mass is 10.0. The molecule has 1 N–H and O–H groups in total. The average molecular weight is 243 g/mol. The summed E-state index contributed by atoms with van der Waals surface area (Å²) in [7, 11) is 3.97. The lowest BCUT2D eigenvalue weighted by molar-refractivity contribution is 0.545. The summed E-state index contributed by atoms with van der Waals surface area (Å²) in [5.74, 6) is 0. The monoisotopic (exact) mass is 243 g/mol. The van der Waals surface area contributed by atoms with Gasteiger partial charge in [0, 0.05) is 25.7 Å². The van der Waals surface area contributed by atoms with E-state index in [0.29, 0.717) is 6.04 Å². The fourth-order valence-corrected chi connectivity index (χ4v) is 2.11. The standard InChI is InChI=1S/C15H21N3/c1-12-4-6-13(7-5-12)10-15(16-2)11-14-8-9-18(3)17-14/h4-9,15-16H,10-11H2,1-3H3. The van der Waals surface area contributed by atoms with Gasteiger partial charge in [0.2, 0.25) is 0 Å². The van der Waals surface area contributed by atoms with Gasteiger partial charge in [-0.1, -0.05) is 29.8 Å². The van der Waals surface area contributed by atoms with Gasteiger partial charge in [0.05, 0.1) is 5.69 Å². The molecule has 96 valence electrons. The second-order valence-corrected chi connectivity index (χ2v) is 4.86. The molecule has 18 heavy (non-hydrogen) atoms. The smallest absolute Gasteiger partial charge is 0.0640 e. The Morgan fingerprint density at radius 2 is 1.89 bits per heavy atom. The number of hydrogen-bond donors (Lipinski definition) is 1. The Morgan fingerprint density at radius 3 is 2.44 bits per heavy atom. The summed E-state index contributed by atoms with van der Waals surface area (Å²) >= 11 is 0. The molecular formula is C15H21N3. The molecule has 0 amide bonds. The van der Waals surface area contributed by atoms with E-state index in [1.54, 1.807) is 0 Å². The van der Waals surface area contributed by atoms with Crippen molar-refractivity contribution in [3.8, 4) is 0 Å². The van der Waals surface area contributed by atoms with Crippen LogP contribution >= 0.6 is 0 Å². The maximum atomic E-state index is 4.43. The summed E-state index contributed by atoms with van der Waals surface area (Å²) in [6.45, 7) is 2.12. The molecule has 0 saturated carbocycles. The largest absolute Gasteiger partial charge is 0.316 e. The van der Waals surface area contributed by atoms with Crippen LogP contribution in [0.2, 0.25) is 0 Å². The topological polar surface area (TPSA) is 29.9 Å². The highest BCUT2D eigenvalue weighted by Gasteiger charge is 2.10. The number of rotatable bonds is 5. The fraction of sp³-hybridized carbons (Fsp3) is 0.400. The van der Waals surface area contributed by atoms with E-state index in [2.05, 4.69) is 47.7 Å². The molecule has 2 aromatic rings. The Bertz CT molecular complexity index is 485. The number of nitrogens with one attached hydrogen (secondary N) is 1. The molecule has 1 heterocycles. The van der Waals surface area contributed by atoms with Gasteiger partial charge < -0.3 is 5.32 Å². The van der Waals surface area contributed by atoms with E-state index in [1.807, 2.05) is 25.0 Å². The summed E-state index contributed by atoms with van der Waals surface area (Å²) in [6, 6.07) is 11.3. The molecule has 1 unspecified atom stereocenters. The second kappa shape index (κ2) is 5.83. The predicted molar refractivity (Wildman–Crippen MR) is 74.6 cm³/mol. The van der Waals surface area contributed by atoms with E-state index in [0.717, 1.165) is 18.5 Å². The van der Waals surface area contributed by atoms with Crippen LogP contribution < -0.4 is 5.32 Å². The molecule has 0 fully saturated rings. The summed E-state index contributed by atoms with van der Waals surface area (Å²) in [4.78, 5) is 0. The molecule has 3 heteroatoms. The Labute approximate surface area is 109 Å². The highest BCUT2D eigenvalue weighted by atomic mass is 15.2. The van der Waals surface area contributed by atoms with Crippen LogP contribution in [0.1, 0.15) is 16.8 Å². The van der Waals surface area contributed by atoms with Crippen LogP contribution in [-0.4, -0.2) is 22.9 Å². The first-order chi connectivity index (χ1) is 8.67. The van der Waals surface area contributed by atoms with E-state index < -0.39 is 0 Å². The maximum absolute atomic E-state index is 4.43. The van der Waals surface area contributed by atoms with E-state index in [-0.39, 0.29) is 0 Å². The SMILES string of the molecule is CNC(Cc1ccc(C)cc1)Cc1ccn(C)n1. The Balaban J connectivity index is 1.99. The minimum absolute atomic E-state index is 0.433. The van der Waals surface area contributed by atoms with Crippen LogP contribution in [-0.2, 0) is 19.9 Å². The summed E-state index contributed by atoms with van der Waals surface area (Å²) in [5, 5.41) is 7.80. The first kappa shape index (κ1) is 12.8. The number of aromatic nitrogens is 2. The van der Waals surface area contributed by atoms with Gasteiger partial charge in [-0.2, -0.15) is 5.10 Å². The van der Waals surface area contributed by atoms with Crippen LogP contribution in [0.25, 0.3) is 0 Å². The molecule has 1 atom stereocenters. The van der Waals surface area contributed by atoms with Crippen LogP contribution in [0.3, 0.4) is 0 Å².